The summed E-state index contributed by atoms with van der Waals surface area (Å²) in [5, 5.41) is 4.30. The number of likely N-dealkylation sites (tertiary alicyclic amines) is 2. The van der Waals surface area contributed by atoms with Crippen LogP contribution in [-0.4, -0.2) is 57.7 Å². The highest BCUT2D eigenvalue weighted by atomic mass is 19.1. The van der Waals surface area contributed by atoms with E-state index in [9.17, 15) is 9.18 Å². The smallest absolute Gasteiger partial charge is 0.257 e. The first-order chi connectivity index (χ1) is 13.1. The minimum absolute atomic E-state index is 0.0150. The maximum Gasteiger partial charge on any atom is 0.257 e. The number of halogens is 1. The van der Waals surface area contributed by atoms with Gasteiger partial charge in [0.05, 0.1) is 17.5 Å². The predicted octanol–water partition coefficient (Wildman–Crippen LogP) is 3.41. The van der Waals surface area contributed by atoms with Crippen molar-refractivity contribution in [2.45, 2.75) is 45.1 Å². The van der Waals surface area contributed by atoms with Gasteiger partial charge in [-0.05, 0) is 57.8 Å². The average Bonchev–Trinajstić information content (AvgIpc) is 3.26. The number of hydrogen-bond acceptors (Lipinski definition) is 3. The van der Waals surface area contributed by atoms with E-state index in [1.807, 2.05) is 11.8 Å². The van der Waals surface area contributed by atoms with Gasteiger partial charge in [-0.2, -0.15) is 5.10 Å². The molecule has 4 rings (SSSR count). The zero-order chi connectivity index (χ0) is 18.8. The summed E-state index contributed by atoms with van der Waals surface area (Å²) in [6, 6.07) is 6.98. The second-order valence-corrected chi connectivity index (χ2v) is 7.65. The van der Waals surface area contributed by atoms with Gasteiger partial charge in [0, 0.05) is 19.1 Å². The van der Waals surface area contributed by atoms with E-state index in [-0.39, 0.29) is 11.7 Å². The molecule has 0 N–H and O–H groups in total. The van der Waals surface area contributed by atoms with E-state index in [0.29, 0.717) is 23.0 Å². The van der Waals surface area contributed by atoms with Gasteiger partial charge in [0.15, 0.2) is 0 Å². The van der Waals surface area contributed by atoms with Crippen molar-refractivity contribution in [3.05, 3.63) is 47.5 Å². The Kier molecular flexibility index (Phi) is 5.25. The lowest BCUT2D eigenvalue weighted by molar-refractivity contribution is 0.0713. The lowest BCUT2D eigenvalue weighted by Gasteiger charge is -2.30. The second-order valence-electron chi connectivity index (χ2n) is 7.65. The van der Waals surface area contributed by atoms with Crippen LogP contribution in [0.15, 0.2) is 30.5 Å². The highest BCUT2D eigenvalue weighted by molar-refractivity contribution is 5.95. The average molecular weight is 370 g/mol. The van der Waals surface area contributed by atoms with Gasteiger partial charge in [-0.15, -0.1) is 0 Å². The minimum Gasteiger partial charge on any atom is -0.337 e. The highest BCUT2D eigenvalue weighted by Gasteiger charge is 2.29. The van der Waals surface area contributed by atoms with Crippen molar-refractivity contribution in [2.75, 3.05) is 26.2 Å². The van der Waals surface area contributed by atoms with Crippen molar-refractivity contribution in [3.8, 4) is 5.69 Å². The third kappa shape index (κ3) is 3.63. The second kappa shape index (κ2) is 7.80. The van der Waals surface area contributed by atoms with Crippen molar-refractivity contribution < 1.29 is 9.18 Å². The Bertz CT molecular complexity index is 812. The molecule has 144 valence electrons. The van der Waals surface area contributed by atoms with Crippen molar-refractivity contribution in [1.82, 2.24) is 19.6 Å². The van der Waals surface area contributed by atoms with Crippen LogP contribution >= 0.6 is 0 Å². The Morgan fingerprint density at radius 1 is 1.11 bits per heavy atom. The molecule has 0 spiro atoms. The normalized spacial score (nSPS) is 21.4. The summed E-state index contributed by atoms with van der Waals surface area (Å²) >= 11 is 0. The van der Waals surface area contributed by atoms with Gasteiger partial charge in [0.25, 0.3) is 5.91 Å². The molecular formula is C21H27FN4O. The summed E-state index contributed by atoms with van der Waals surface area (Å²) < 4.78 is 15.7. The van der Waals surface area contributed by atoms with Gasteiger partial charge in [-0.3, -0.25) is 9.69 Å². The summed E-state index contributed by atoms with van der Waals surface area (Å²) in [5.74, 6) is -0.326. The zero-order valence-corrected chi connectivity index (χ0v) is 15.9. The third-order valence-corrected chi connectivity index (χ3v) is 5.91. The summed E-state index contributed by atoms with van der Waals surface area (Å²) in [4.78, 5) is 17.7. The molecule has 2 saturated heterocycles. The van der Waals surface area contributed by atoms with Crippen LogP contribution < -0.4 is 0 Å². The lowest BCUT2D eigenvalue weighted by Crippen LogP contribution is -2.43. The molecule has 0 radical (unpaired) electrons. The Hall–Kier alpha value is -2.21. The SMILES string of the molecule is Cc1c(C(=O)N2CCCCC(N3CCCC3)C2)cnn1-c1ccccc1F. The third-order valence-electron chi connectivity index (χ3n) is 5.91. The van der Waals surface area contributed by atoms with Crippen molar-refractivity contribution in [3.63, 3.8) is 0 Å². The first kappa shape index (κ1) is 18.2. The largest absolute Gasteiger partial charge is 0.337 e. The summed E-state index contributed by atoms with van der Waals surface area (Å²) in [5.41, 5.74) is 1.63. The first-order valence-electron chi connectivity index (χ1n) is 9.98. The molecule has 1 aromatic carbocycles. The minimum atomic E-state index is -0.341. The number of carbonyl (C=O) groups is 1. The number of rotatable bonds is 3. The van der Waals surface area contributed by atoms with Gasteiger partial charge in [-0.1, -0.05) is 18.6 Å². The monoisotopic (exact) mass is 370 g/mol. The maximum atomic E-state index is 14.1. The number of benzene rings is 1. The molecule has 0 bridgehead atoms. The van der Waals surface area contributed by atoms with Crippen LogP contribution in [0.25, 0.3) is 5.69 Å². The summed E-state index contributed by atoms with van der Waals surface area (Å²) in [6.07, 6.45) is 7.48. The molecule has 1 amide bonds. The number of aromatic nitrogens is 2. The Labute approximate surface area is 159 Å². The van der Waals surface area contributed by atoms with Crippen LogP contribution in [0.3, 0.4) is 0 Å². The van der Waals surface area contributed by atoms with E-state index in [4.69, 9.17) is 0 Å². The molecular weight excluding hydrogens is 343 g/mol. The fourth-order valence-electron chi connectivity index (χ4n) is 4.37. The molecule has 1 unspecified atom stereocenters. The molecule has 0 saturated carbocycles. The van der Waals surface area contributed by atoms with Gasteiger partial charge in [0.1, 0.15) is 11.5 Å². The van der Waals surface area contributed by atoms with Gasteiger partial charge in [-0.25, -0.2) is 9.07 Å². The van der Waals surface area contributed by atoms with Crippen molar-refractivity contribution >= 4 is 5.91 Å². The molecule has 1 aromatic heterocycles. The van der Waals surface area contributed by atoms with Crippen molar-refractivity contribution in [2.24, 2.45) is 0 Å². The molecule has 2 aliphatic rings. The number of hydrogen-bond donors (Lipinski definition) is 0. The number of carbonyl (C=O) groups excluding carboxylic acids is 1. The fourth-order valence-corrected chi connectivity index (χ4v) is 4.37. The van der Waals surface area contributed by atoms with E-state index in [1.54, 1.807) is 24.4 Å². The topological polar surface area (TPSA) is 41.4 Å². The number of amides is 1. The van der Waals surface area contributed by atoms with Gasteiger partial charge >= 0.3 is 0 Å². The standard InChI is InChI=1S/C21H27FN4O/c1-16-18(14-23-26(16)20-10-3-2-9-19(20)22)21(27)25-13-5-4-8-17(15-25)24-11-6-7-12-24/h2-3,9-10,14,17H,4-8,11-13,15H2,1H3. The zero-order valence-electron chi connectivity index (χ0n) is 15.9. The van der Waals surface area contributed by atoms with Crippen LogP contribution in [0, 0.1) is 12.7 Å². The van der Waals surface area contributed by atoms with Crippen LogP contribution in [0.4, 0.5) is 4.39 Å². The van der Waals surface area contributed by atoms with Crippen LogP contribution in [0.5, 0.6) is 0 Å². The van der Waals surface area contributed by atoms with Crippen LogP contribution in [0.1, 0.15) is 48.2 Å². The Morgan fingerprint density at radius 2 is 1.85 bits per heavy atom. The van der Waals surface area contributed by atoms with E-state index in [2.05, 4.69) is 10.00 Å². The fraction of sp³-hybridized carbons (Fsp3) is 0.524. The molecule has 0 aliphatic carbocycles. The van der Waals surface area contributed by atoms with Crippen LogP contribution in [0.2, 0.25) is 0 Å². The molecule has 6 heteroatoms. The molecule has 5 nitrogen and oxygen atoms in total. The number of para-hydroxylation sites is 1. The lowest BCUT2D eigenvalue weighted by atomic mass is 10.1. The van der Waals surface area contributed by atoms with Gasteiger partial charge in [0.2, 0.25) is 0 Å². The first-order valence-corrected chi connectivity index (χ1v) is 9.98. The van der Waals surface area contributed by atoms with Crippen LogP contribution in [-0.2, 0) is 0 Å². The van der Waals surface area contributed by atoms with Crippen molar-refractivity contribution in [1.29, 1.82) is 0 Å². The quantitative estimate of drug-likeness (QED) is 0.831. The maximum absolute atomic E-state index is 14.1. The summed E-state index contributed by atoms with van der Waals surface area (Å²) in [7, 11) is 0. The molecule has 2 aliphatic heterocycles. The van der Waals surface area contributed by atoms with Gasteiger partial charge < -0.3 is 4.90 Å². The molecule has 1 atom stereocenters. The van der Waals surface area contributed by atoms with E-state index in [1.165, 1.54) is 30.0 Å². The number of nitrogens with zero attached hydrogens (tertiary/aromatic N) is 4. The molecule has 3 heterocycles. The van der Waals surface area contributed by atoms with E-state index in [0.717, 1.165) is 39.0 Å². The predicted molar refractivity (Wildman–Crippen MR) is 103 cm³/mol. The molecule has 2 aromatic rings. The summed E-state index contributed by atoms with van der Waals surface area (Å²) in [6.45, 7) is 5.70. The molecule has 27 heavy (non-hydrogen) atoms. The van der Waals surface area contributed by atoms with E-state index >= 15 is 0 Å². The molecule has 2 fully saturated rings. The highest BCUT2D eigenvalue weighted by Crippen LogP contribution is 2.23. The van der Waals surface area contributed by atoms with E-state index < -0.39 is 0 Å². The Balaban J connectivity index is 1.56. The Morgan fingerprint density at radius 3 is 2.63 bits per heavy atom.